The molecule has 0 aliphatic carbocycles. The largest absolute Gasteiger partial charge is 0.493 e. The predicted molar refractivity (Wildman–Crippen MR) is 131 cm³/mol. The van der Waals surface area contributed by atoms with E-state index in [1.54, 1.807) is 57.5 Å². The van der Waals surface area contributed by atoms with Crippen molar-refractivity contribution < 1.29 is 14.3 Å². The minimum atomic E-state index is -0.859. The molecule has 0 fully saturated rings. The second kappa shape index (κ2) is 9.99. The van der Waals surface area contributed by atoms with Gasteiger partial charge in [-0.1, -0.05) is 42.5 Å². The van der Waals surface area contributed by atoms with E-state index in [1.807, 2.05) is 36.4 Å². The smallest absolute Gasteiger partial charge is 0.263 e. The van der Waals surface area contributed by atoms with Crippen LogP contribution in [0.15, 0.2) is 82.7 Å². The van der Waals surface area contributed by atoms with E-state index < -0.39 is 11.9 Å². The summed E-state index contributed by atoms with van der Waals surface area (Å²) < 4.78 is 11.9. The molecule has 1 N–H and O–H groups in total. The summed E-state index contributed by atoms with van der Waals surface area (Å²) in [4.78, 5) is 31.0. The molecule has 172 valence electrons. The van der Waals surface area contributed by atoms with Crippen molar-refractivity contribution >= 4 is 23.0 Å². The van der Waals surface area contributed by atoms with E-state index in [4.69, 9.17) is 14.5 Å². The first kappa shape index (κ1) is 22.7. The fourth-order valence-corrected chi connectivity index (χ4v) is 3.61. The number of para-hydroxylation sites is 1. The number of hydrazone groups is 1. The molecule has 4 rings (SSSR count). The number of nitrogens with zero attached hydrogens (tertiary/aromatic N) is 3. The lowest BCUT2D eigenvalue weighted by Crippen LogP contribution is -2.35. The molecule has 4 aromatic rings. The average Bonchev–Trinajstić information content (AvgIpc) is 2.88. The summed E-state index contributed by atoms with van der Waals surface area (Å²) >= 11 is 0. The molecule has 34 heavy (non-hydrogen) atoms. The molecule has 1 heterocycles. The minimum Gasteiger partial charge on any atom is -0.493 e. The Morgan fingerprint density at radius 2 is 1.71 bits per heavy atom. The van der Waals surface area contributed by atoms with Crippen LogP contribution in [0.25, 0.3) is 22.3 Å². The van der Waals surface area contributed by atoms with Crippen LogP contribution in [-0.4, -0.2) is 35.9 Å². The molecule has 1 atom stereocenters. The van der Waals surface area contributed by atoms with Gasteiger partial charge in [-0.2, -0.15) is 5.10 Å². The molecule has 0 saturated carbocycles. The monoisotopic (exact) mass is 456 g/mol. The highest BCUT2D eigenvalue weighted by Crippen LogP contribution is 2.27. The van der Waals surface area contributed by atoms with Gasteiger partial charge in [0.2, 0.25) is 0 Å². The maximum absolute atomic E-state index is 13.4. The lowest BCUT2D eigenvalue weighted by molar-refractivity contribution is -0.123. The van der Waals surface area contributed by atoms with Crippen LogP contribution < -0.4 is 20.5 Å². The Balaban J connectivity index is 1.65. The topological polar surface area (TPSA) is 94.8 Å². The van der Waals surface area contributed by atoms with Gasteiger partial charge in [-0.3, -0.25) is 14.2 Å². The number of carbonyl (C=O) groups excluding carboxylic acids is 1. The van der Waals surface area contributed by atoms with Crippen LogP contribution in [0.1, 0.15) is 18.5 Å². The molecule has 3 aromatic carbocycles. The first-order chi connectivity index (χ1) is 16.5. The highest BCUT2D eigenvalue weighted by molar-refractivity contribution is 5.86. The van der Waals surface area contributed by atoms with Gasteiger partial charge in [-0.25, -0.2) is 10.4 Å². The zero-order chi connectivity index (χ0) is 24.1. The van der Waals surface area contributed by atoms with Gasteiger partial charge < -0.3 is 9.47 Å². The Morgan fingerprint density at radius 3 is 2.44 bits per heavy atom. The third-order valence-electron chi connectivity index (χ3n) is 5.40. The average molecular weight is 457 g/mol. The SMILES string of the molecule is COc1ccc(/C=N\NC(=O)[C@H](C)n2c(-c3ccccc3)nc3ccccc3c2=O)cc1OC. The first-order valence-corrected chi connectivity index (χ1v) is 10.6. The van der Waals surface area contributed by atoms with Crippen LogP contribution >= 0.6 is 0 Å². The van der Waals surface area contributed by atoms with Crippen molar-refractivity contribution in [2.75, 3.05) is 14.2 Å². The Labute approximate surface area is 196 Å². The molecule has 0 saturated heterocycles. The summed E-state index contributed by atoms with van der Waals surface area (Å²) in [6.07, 6.45) is 1.49. The number of rotatable bonds is 7. The van der Waals surface area contributed by atoms with Gasteiger partial charge in [-0.05, 0) is 42.8 Å². The number of methoxy groups -OCH3 is 2. The van der Waals surface area contributed by atoms with Crippen LogP contribution in [0.2, 0.25) is 0 Å². The number of hydrogen-bond acceptors (Lipinski definition) is 6. The predicted octanol–water partition coefficient (Wildman–Crippen LogP) is 3.79. The fourth-order valence-electron chi connectivity index (χ4n) is 3.61. The van der Waals surface area contributed by atoms with Gasteiger partial charge >= 0.3 is 0 Å². The number of carbonyl (C=O) groups is 1. The highest BCUT2D eigenvalue weighted by atomic mass is 16.5. The van der Waals surface area contributed by atoms with Crippen LogP contribution in [0.3, 0.4) is 0 Å². The molecule has 0 bridgehead atoms. The van der Waals surface area contributed by atoms with E-state index in [2.05, 4.69) is 10.5 Å². The van der Waals surface area contributed by atoms with Crippen LogP contribution in [-0.2, 0) is 4.79 Å². The summed E-state index contributed by atoms with van der Waals surface area (Å²) in [6, 6.07) is 20.8. The molecular weight excluding hydrogens is 432 g/mol. The molecular formula is C26H24N4O4. The molecule has 1 amide bonds. The zero-order valence-corrected chi connectivity index (χ0v) is 19.1. The number of amides is 1. The molecule has 0 spiro atoms. The Bertz CT molecular complexity index is 1410. The van der Waals surface area contributed by atoms with E-state index in [1.165, 1.54) is 10.8 Å². The van der Waals surface area contributed by atoms with Crippen molar-refractivity contribution in [3.63, 3.8) is 0 Å². The minimum absolute atomic E-state index is 0.295. The van der Waals surface area contributed by atoms with Crippen molar-refractivity contribution in [3.8, 4) is 22.9 Å². The third-order valence-corrected chi connectivity index (χ3v) is 5.40. The van der Waals surface area contributed by atoms with Crippen molar-refractivity contribution in [2.45, 2.75) is 13.0 Å². The summed E-state index contributed by atoms with van der Waals surface area (Å²) in [7, 11) is 3.10. The summed E-state index contributed by atoms with van der Waals surface area (Å²) in [5, 5.41) is 4.50. The third kappa shape index (κ3) is 4.52. The first-order valence-electron chi connectivity index (χ1n) is 10.6. The van der Waals surface area contributed by atoms with E-state index in [9.17, 15) is 9.59 Å². The number of fused-ring (bicyclic) bond motifs is 1. The zero-order valence-electron chi connectivity index (χ0n) is 19.1. The van der Waals surface area contributed by atoms with Gasteiger partial charge in [0, 0.05) is 5.56 Å². The van der Waals surface area contributed by atoms with E-state index >= 15 is 0 Å². The molecule has 1 aromatic heterocycles. The van der Waals surface area contributed by atoms with Gasteiger partial charge in [-0.15, -0.1) is 0 Å². The lowest BCUT2D eigenvalue weighted by atomic mass is 10.1. The number of aromatic nitrogens is 2. The van der Waals surface area contributed by atoms with Crippen LogP contribution in [0.5, 0.6) is 11.5 Å². The molecule has 0 aliphatic heterocycles. The lowest BCUT2D eigenvalue weighted by Gasteiger charge is -2.18. The van der Waals surface area contributed by atoms with Crippen LogP contribution in [0, 0.1) is 0 Å². The normalized spacial score (nSPS) is 12.0. The molecule has 0 radical (unpaired) electrons. The van der Waals surface area contributed by atoms with Crippen molar-refractivity contribution in [1.29, 1.82) is 0 Å². The van der Waals surface area contributed by atoms with Gasteiger partial charge in [0.1, 0.15) is 11.9 Å². The van der Waals surface area contributed by atoms with E-state index in [0.717, 1.165) is 5.56 Å². The summed E-state index contributed by atoms with van der Waals surface area (Å²) in [5.41, 5.74) is 4.24. The summed E-state index contributed by atoms with van der Waals surface area (Å²) in [5.74, 6) is 1.10. The molecule has 0 unspecified atom stereocenters. The molecule has 0 aliphatic rings. The van der Waals surface area contributed by atoms with Gasteiger partial charge in [0.25, 0.3) is 11.5 Å². The second-order valence-corrected chi connectivity index (χ2v) is 7.52. The summed E-state index contributed by atoms with van der Waals surface area (Å²) in [6.45, 7) is 1.64. The Kier molecular flexibility index (Phi) is 6.68. The number of nitrogens with one attached hydrogen (secondary N) is 1. The Hall–Kier alpha value is -4.46. The highest BCUT2D eigenvalue weighted by Gasteiger charge is 2.22. The van der Waals surface area contributed by atoms with E-state index in [-0.39, 0.29) is 5.56 Å². The maximum atomic E-state index is 13.4. The van der Waals surface area contributed by atoms with Crippen molar-refractivity contribution in [1.82, 2.24) is 15.0 Å². The number of ether oxygens (including phenoxy) is 2. The second-order valence-electron chi connectivity index (χ2n) is 7.52. The molecule has 8 heteroatoms. The maximum Gasteiger partial charge on any atom is 0.263 e. The van der Waals surface area contributed by atoms with E-state index in [0.29, 0.717) is 33.8 Å². The number of hydrogen-bond donors (Lipinski definition) is 1. The van der Waals surface area contributed by atoms with Gasteiger partial charge in [0.05, 0.1) is 31.3 Å². The number of benzene rings is 3. The van der Waals surface area contributed by atoms with Crippen molar-refractivity contribution in [2.24, 2.45) is 5.10 Å². The Morgan fingerprint density at radius 1 is 1.00 bits per heavy atom. The van der Waals surface area contributed by atoms with Gasteiger partial charge in [0.15, 0.2) is 11.5 Å². The standard InChI is InChI=1S/C26H24N4O4/c1-17(25(31)29-27-16-18-13-14-22(33-2)23(15-18)34-3)30-24(19-9-5-4-6-10-19)28-21-12-8-7-11-20(21)26(30)32/h4-17H,1-3H3,(H,29,31)/b27-16-/t17-/m0/s1. The fraction of sp³-hybridized carbons (Fsp3) is 0.154. The van der Waals surface area contributed by atoms with Crippen molar-refractivity contribution in [3.05, 3.63) is 88.7 Å². The van der Waals surface area contributed by atoms with Crippen LogP contribution in [0.4, 0.5) is 0 Å². The quantitative estimate of drug-likeness (QED) is 0.337. The molecule has 8 nitrogen and oxygen atoms in total.